The smallest absolute Gasteiger partial charge is 0.365 e. The van der Waals surface area contributed by atoms with E-state index >= 15 is 0 Å². The molecule has 0 N–H and O–H groups in total. The molecule has 0 aliphatic carbocycles. The van der Waals surface area contributed by atoms with Crippen LogP contribution in [0.3, 0.4) is 0 Å². The van der Waals surface area contributed by atoms with Gasteiger partial charge in [-0.2, -0.15) is 0 Å². The van der Waals surface area contributed by atoms with Crippen LogP contribution in [0.5, 0.6) is 5.75 Å². The van der Waals surface area contributed by atoms with Gasteiger partial charge in [0.15, 0.2) is 0 Å². The number of ether oxygens (including phenoxy) is 1. The standard InChI is InChI=1S/C21H25NO3/c1-5-6-13-24-20-11-9-18(10-12-20)21(23)25-22-17(4)19-8-7-15(2)16(3)14-19/h7-12,14H,5-6,13H2,1-4H3/b22-17-. The van der Waals surface area contributed by atoms with E-state index in [4.69, 9.17) is 9.57 Å². The molecule has 2 aromatic carbocycles. The van der Waals surface area contributed by atoms with Crippen LogP contribution in [0.4, 0.5) is 0 Å². The number of carbonyl (C=O) groups is 1. The van der Waals surface area contributed by atoms with Gasteiger partial charge in [-0.05, 0) is 74.2 Å². The van der Waals surface area contributed by atoms with Gasteiger partial charge in [-0.3, -0.25) is 0 Å². The molecule has 0 aliphatic rings. The van der Waals surface area contributed by atoms with E-state index in [0.717, 1.165) is 24.2 Å². The molecular formula is C21H25NO3. The first-order valence-corrected chi connectivity index (χ1v) is 8.57. The number of hydrogen-bond acceptors (Lipinski definition) is 4. The molecule has 132 valence electrons. The summed E-state index contributed by atoms with van der Waals surface area (Å²) in [5.74, 6) is 0.267. The van der Waals surface area contributed by atoms with Gasteiger partial charge in [0.2, 0.25) is 0 Å². The Balaban J connectivity index is 1.97. The fourth-order valence-electron chi connectivity index (χ4n) is 2.20. The number of aryl methyl sites for hydroxylation is 2. The van der Waals surface area contributed by atoms with Crippen LogP contribution < -0.4 is 4.74 Å². The van der Waals surface area contributed by atoms with Crippen molar-refractivity contribution in [2.45, 2.75) is 40.5 Å². The van der Waals surface area contributed by atoms with Crippen molar-refractivity contribution >= 4 is 11.7 Å². The number of oxime groups is 1. The molecular weight excluding hydrogens is 314 g/mol. The summed E-state index contributed by atoms with van der Waals surface area (Å²) in [5.41, 5.74) is 4.44. The minimum atomic E-state index is -0.483. The van der Waals surface area contributed by atoms with E-state index in [0.29, 0.717) is 17.9 Å². The number of rotatable bonds is 7. The van der Waals surface area contributed by atoms with Crippen molar-refractivity contribution in [1.82, 2.24) is 0 Å². The van der Waals surface area contributed by atoms with Crippen LogP contribution in [-0.2, 0) is 4.84 Å². The van der Waals surface area contributed by atoms with Crippen LogP contribution in [0.1, 0.15) is 53.7 Å². The fourth-order valence-corrected chi connectivity index (χ4v) is 2.20. The van der Waals surface area contributed by atoms with Gasteiger partial charge >= 0.3 is 5.97 Å². The Labute approximate surface area is 149 Å². The molecule has 4 nitrogen and oxygen atoms in total. The lowest BCUT2D eigenvalue weighted by atomic mass is 10.0. The first-order valence-electron chi connectivity index (χ1n) is 8.57. The van der Waals surface area contributed by atoms with E-state index < -0.39 is 5.97 Å². The van der Waals surface area contributed by atoms with E-state index in [1.54, 1.807) is 24.3 Å². The molecule has 0 heterocycles. The summed E-state index contributed by atoms with van der Waals surface area (Å²) >= 11 is 0. The van der Waals surface area contributed by atoms with Crippen molar-refractivity contribution in [2.75, 3.05) is 6.61 Å². The summed E-state index contributed by atoms with van der Waals surface area (Å²) in [6.45, 7) is 8.72. The van der Waals surface area contributed by atoms with Crippen molar-refractivity contribution < 1.29 is 14.4 Å². The molecule has 0 fully saturated rings. The minimum Gasteiger partial charge on any atom is -0.494 e. The lowest BCUT2D eigenvalue weighted by Gasteiger charge is -2.06. The lowest BCUT2D eigenvalue weighted by Crippen LogP contribution is -2.04. The molecule has 0 aromatic heterocycles. The highest BCUT2D eigenvalue weighted by molar-refractivity contribution is 5.99. The molecule has 0 aliphatic heterocycles. The number of benzene rings is 2. The summed E-state index contributed by atoms with van der Waals surface area (Å²) in [4.78, 5) is 17.2. The highest BCUT2D eigenvalue weighted by Crippen LogP contribution is 2.14. The topological polar surface area (TPSA) is 47.9 Å². The molecule has 0 saturated carbocycles. The van der Waals surface area contributed by atoms with Crippen LogP contribution in [0.25, 0.3) is 0 Å². The zero-order valence-electron chi connectivity index (χ0n) is 15.3. The van der Waals surface area contributed by atoms with Crippen molar-refractivity contribution in [3.63, 3.8) is 0 Å². The Morgan fingerprint density at radius 3 is 2.32 bits per heavy atom. The molecule has 0 radical (unpaired) electrons. The molecule has 0 spiro atoms. The molecule has 0 atom stereocenters. The zero-order chi connectivity index (χ0) is 18.2. The van der Waals surface area contributed by atoms with Gasteiger partial charge in [0, 0.05) is 0 Å². The maximum atomic E-state index is 12.1. The molecule has 25 heavy (non-hydrogen) atoms. The van der Waals surface area contributed by atoms with Gasteiger partial charge in [-0.1, -0.05) is 30.6 Å². The Kier molecular flexibility index (Phi) is 6.75. The number of unbranched alkanes of at least 4 members (excludes halogenated alkanes) is 1. The zero-order valence-corrected chi connectivity index (χ0v) is 15.3. The quantitative estimate of drug-likeness (QED) is 0.306. The Bertz CT molecular complexity index is 748. The summed E-state index contributed by atoms with van der Waals surface area (Å²) in [7, 11) is 0. The second-order valence-corrected chi connectivity index (χ2v) is 6.08. The van der Waals surface area contributed by atoms with Crippen LogP contribution in [0, 0.1) is 13.8 Å². The Morgan fingerprint density at radius 1 is 1.00 bits per heavy atom. The van der Waals surface area contributed by atoms with E-state index in [-0.39, 0.29) is 0 Å². The van der Waals surface area contributed by atoms with Crippen LogP contribution in [0.15, 0.2) is 47.6 Å². The van der Waals surface area contributed by atoms with Crippen molar-refractivity contribution in [3.05, 3.63) is 64.7 Å². The molecule has 0 amide bonds. The molecule has 0 saturated heterocycles. The largest absolute Gasteiger partial charge is 0.494 e. The van der Waals surface area contributed by atoms with Crippen molar-refractivity contribution in [3.8, 4) is 5.75 Å². The van der Waals surface area contributed by atoms with Gasteiger partial charge in [-0.15, -0.1) is 0 Å². The Morgan fingerprint density at radius 2 is 1.68 bits per heavy atom. The third-order valence-electron chi connectivity index (χ3n) is 4.05. The minimum absolute atomic E-state index is 0.444. The van der Waals surface area contributed by atoms with Gasteiger partial charge in [0.25, 0.3) is 0 Å². The molecule has 4 heteroatoms. The number of hydrogen-bond donors (Lipinski definition) is 0. The third kappa shape index (κ3) is 5.45. The summed E-state index contributed by atoms with van der Waals surface area (Å²) in [5, 5.41) is 3.96. The predicted molar refractivity (Wildman–Crippen MR) is 100 cm³/mol. The fraction of sp³-hybridized carbons (Fsp3) is 0.333. The third-order valence-corrected chi connectivity index (χ3v) is 4.05. The van der Waals surface area contributed by atoms with Crippen molar-refractivity contribution in [1.29, 1.82) is 0 Å². The molecule has 0 bridgehead atoms. The maximum Gasteiger partial charge on any atom is 0.365 e. The van der Waals surface area contributed by atoms with Gasteiger partial charge < -0.3 is 9.57 Å². The van der Waals surface area contributed by atoms with Gasteiger partial charge in [0.05, 0.1) is 17.9 Å². The normalized spacial score (nSPS) is 11.3. The monoisotopic (exact) mass is 339 g/mol. The van der Waals surface area contributed by atoms with E-state index in [2.05, 4.69) is 19.0 Å². The average molecular weight is 339 g/mol. The second-order valence-electron chi connectivity index (χ2n) is 6.08. The van der Waals surface area contributed by atoms with Gasteiger partial charge in [-0.25, -0.2) is 4.79 Å². The van der Waals surface area contributed by atoms with Gasteiger partial charge in [0.1, 0.15) is 5.75 Å². The average Bonchev–Trinajstić information content (AvgIpc) is 2.62. The van der Waals surface area contributed by atoms with Crippen LogP contribution in [-0.4, -0.2) is 18.3 Å². The van der Waals surface area contributed by atoms with Crippen LogP contribution >= 0.6 is 0 Å². The SMILES string of the molecule is CCCCOc1ccc(C(=O)O/N=C(/C)c2ccc(C)c(C)c2)cc1. The first-order chi connectivity index (χ1) is 12.0. The highest BCUT2D eigenvalue weighted by atomic mass is 16.7. The second kappa shape index (κ2) is 9.02. The van der Waals surface area contributed by atoms with E-state index in [1.807, 2.05) is 32.0 Å². The maximum absolute atomic E-state index is 12.1. The predicted octanol–water partition coefficient (Wildman–Crippen LogP) is 5.06. The summed E-state index contributed by atoms with van der Waals surface area (Å²) < 4.78 is 5.58. The number of carbonyl (C=O) groups excluding carboxylic acids is 1. The molecule has 2 rings (SSSR count). The lowest BCUT2D eigenvalue weighted by molar-refractivity contribution is 0.0516. The number of nitrogens with zero attached hydrogens (tertiary/aromatic N) is 1. The summed E-state index contributed by atoms with van der Waals surface area (Å²) in [6, 6.07) is 12.9. The molecule has 0 unspecified atom stereocenters. The van der Waals surface area contributed by atoms with Crippen molar-refractivity contribution in [2.24, 2.45) is 5.16 Å². The van der Waals surface area contributed by atoms with E-state index in [1.165, 1.54) is 11.1 Å². The van der Waals surface area contributed by atoms with E-state index in [9.17, 15) is 4.79 Å². The first kappa shape index (κ1) is 18.7. The summed E-state index contributed by atoms with van der Waals surface area (Å²) in [6.07, 6.45) is 2.10. The highest BCUT2D eigenvalue weighted by Gasteiger charge is 2.08. The Hall–Kier alpha value is -2.62. The van der Waals surface area contributed by atoms with Crippen LogP contribution in [0.2, 0.25) is 0 Å². The molecule has 2 aromatic rings.